The SMILES string of the molecule is CCCOCCC(=O)N(C)CC1(O)CCNC1. The first-order valence-corrected chi connectivity index (χ1v) is 6.32. The summed E-state index contributed by atoms with van der Waals surface area (Å²) in [4.78, 5) is 13.4. The molecule has 0 aromatic carbocycles. The van der Waals surface area contributed by atoms with Crippen LogP contribution in [0.5, 0.6) is 0 Å². The number of likely N-dealkylation sites (N-methyl/N-ethyl adjacent to an activating group) is 1. The molecule has 100 valence electrons. The zero-order valence-electron chi connectivity index (χ0n) is 10.9. The van der Waals surface area contributed by atoms with Crippen LogP contribution in [0.4, 0.5) is 0 Å². The highest BCUT2D eigenvalue weighted by atomic mass is 16.5. The Morgan fingerprint density at radius 3 is 2.88 bits per heavy atom. The molecule has 1 aliphatic rings. The van der Waals surface area contributed by atoms with Gasteiger partial charge >= 0.3 is 0 Å². The van der Waals surface area contributed by atoms with Crippen molar-refractivity contribution in [3.8, 4) is 0 Å². The fourth-order valence-corrected chi connectivity index (χ4v) is 1.99. The van der Waals surface area contributed by atoms with Gasteiger partial charge in [0.05, 0.1) is 25.2 Å². The van der Waals surface area contributed by atoms with E-state index in [1.54, 1.807) is 11.9 Å². The number of ether oxygens (including phenoxy) is 1. The maximum absolute atomic E-state index is 11.8. The maximum Gasteiger partial charge on any atom is 0.224 e. The van der Waals surface area contributed by atoms with Crippen molar-refractivity contribution in [1.29, 1.82) is 0 Å². The molecule has 1 fully saturated rings. The summed E-state index contributed by atoms with van der Waals surface area (Å²) in [6.45, 7) is 4.98. The molecule has 0 aliphatic carbocycles. The molecule has 17 heavy (non-hydrogen) atoms. The van der Waals surface area contributed by atoms with Gasteiger partial charge in [0.15, 0.2) is 0 Å². The van der Waals surface area contributed by atoms with Gasteiger partial charge in [-0.3, -0.25) is 4.79 Å². The smallest absolute Gasteiger partial charge is 0.224 e. The van der Waals surface area contributed by atoms with E-state index < -0.39 is 5.60 Å². The van der Waals surface area contributed by atoms with Gasteiger partial charge in [0.1, 0.15) is 0 Å². The minimum atomic E-state index is -0.755. The average Bonchev–Trinajstić information content (AvgIpc) is 2.70. The molecule has 0 saturated carbocycles. The highest BCUT2D eigenvalue weighted by Gasteiger charge is 2.33. The molecule has 1 saturated heterocycles. The average molecular weight is 244 g/mol. The van der Waals surface area contributed by atoms with Crippen molar-refractivity contribution in [1.82, 2.24) is 10.2 Å². The fourth-order valence-electron chi connectivity index (χ4n) is 1.99. The van der Waals surface area contributed by atoms with Crippen molar-refractivity contribution in [2.24, 2.45) is 0 Å². The number of nitrogens with one attached hydrogen (secondary N) is 1. The molecule has 5 heteroatoms. The number of aliphatic hydroxyl groups is 1. The normalized spacial score (nSPS) is 23.9. The van der Waals surface area contributed by atoms with Gasteiger partial charge in [-0.15, -0.1) is 0 Å². The molecule has 1 heterocycles. The van der Waals surface area contributed by atoms with Crippen molar-refractivity contribution in [3.63, 3.8) is 0 Å². The van der Waals surface area contributed by atoms with E-state index in [9.17, 15) is 9.90 Å². The number of amides is 1. The van der Waals surface area contributed by atoms with Crippen LogP contribution in [0.1, 0.15) is 26.2 Å². The van der Waals surface area contributed by atoms with E-state index in [0.29, 0.717) is 39.1 Å². The lowest BCUT2D eigenvalue weighted by Gasteiger charge is -2.28. The van der Waals surface area contributed by atoms with Gasteiger partial charge in [-0.25, -0.2) is 0 Å². The number of β-amino-alcohol motifs (C(OH)–C–C–N with tert-alkyl or cyclic N) is 1. The second-order valence-corrected chi connectivity index (χ2v) is 4.76. The molecule has 1 amide bonds. The Kier molecular flexibility index (Phi) is 5.88. The number of hydrogen-bond donors (Lipinski definition) is 2. The van der Waals surface area contributed by atoms with Gasteiger partial charge in [0, 0.05) is 20.2 Å². The number of carbonyl (C=O) groups excluding carboxylic acids is 1. The zero-order valence-corrected chi connectivity index (χ0v) is 10.9. The highest BCUT2D eigenvalue weighted by Crippen LogP contribution is 2.15. The monoisotopic (exact) mass is 244 g/mol. The van der Waals surface area contributed by atoms with E-state index >= 15 is 0 Å². The van der Waals surface area contributed by atoms with Crippen LogP contribution in [-0.2, 0) is 9.53 Å². The van der Waals surface area contributed by atoms with E-state index in [2.05, 4.69) is 5.32 Å². The fraction of sp³-hybridized carbons (Fsp3) is 0.917. The molecule has 0 spiro atoms. The van der Waals surface area contributed by atoms with Gasteiger partial charge in [0.25, 0.3) is 0 Å². The summed E-state index contributed by atoms with van der Waals surface area (Å²) in [5.74, 6) is 0.0291. The van der Waals surface area contributed by atoms with Crippen LogP contribution in [0, 0.1) is 0 Å². The predicted molar refractivity (Wildman–Crippen MR) is 65.8 cm³/mol. The Morgan fingerprint density at radius 1 is 1.53 bits per heavy atom. The van der Waals surface area contributed by atoms with Crippen LogP contribution in [0.15, 0.2) is 0 Å². The van der Waals surface area contributed by atoms with E-state index in [0.717, 1.165) is 13.0 Å². The molecule has 1 rings (SSSR count). The summed E-state index contributed by atoms with van der Waals surface area (Å²) >= 11 is 0. The summed E-state index contributed by atoms with van der Waals surface area (Å²) in [6.07, 6.45) is 2.06. The van der Waals surface area contributed by atoms with Crippen LogP contribution in [-0.4, -0.2) is 61.4 Å². The topological polar surface area (TPSA) is 61.8 Å². The van der Waals surface area contributed by atoms with Crippen molar-refractivity contribution < 1.29 is 14.6 Å². The van der Waals surface area contributed by atoms with Crippen molar-refractivity contribution in [2.75, 3.05) is 39.9 Å². The molecular weight excluding hydrogens is 220 g/mol. The third kappa shape index (κ3) is 5.02. The second kappa shape index (κ2) is 6.93. The molecule has 0 bridgehead atoms. The third-order valence-electron chi connectivity index (χ3n) is 2.99. The Morgan fingerprint density at radius 2 is 2.29 bits per heavy atom. The van der Waals surface area contributed by atoms with Gasteiger partial charge in [-0.2, -0.15) is 0 Å². The molecule has 0 aromatic rings. The zero-order chi connectivity index (χ0) is 12.7. The number of carbonyl (C=O) groups is 1. The molecule has 1 aliphatic heterocycles. The Bertz CT molecular complexity index is 240. The van der Waals surface area contributed by atoms with Crippen LogP contribution in [0.25, 0.3) is 0 Å². The Balaban J connectivity index is 2.22. The summed E-state index contributed by atoms with van der Waals surface area (Å²) in [6, 6.07) is 0. The van der Waals surface area contributed by atoms with Gasteiger partial charge < -0.3 is 20.1 Å². The molecule has 1 atom stereocenters. The van der Waals surface area contributed by atoms with E-state index in [1.165, 1.54) is 0 Å². The molecule has 1 unspecified atom stereocenters. The molecule has 0 radical (unpaired) electrons. The quantitative estimate of drug-likeness (QED) is 0.618. The van der Waals surface area contributed by atoms with Gasteiger partial charge in [0.2, 0.25) is 5.91 Å². The largest absolute Gasteiger partial charge is 0.387 e. The van der Waals surface area contributed by atoms with E-state index in [1.807, 2.05) is 6.92 Å². The second-order valence-electron chi connectivity index (χ2n) is 4.76. The molecule has 0 aromatic heterocycles. The maximum atomic E-state index is 11.8. The number of nitrogens with zero attached hydrogens (tertiary/aromatic N) is 1. The molecule has 5 nitrogen and oxygen atoms in total. The predicted octanol–water partition coefficient (Wildman–Crippen LogP) is -0.0141. The Labute approximate surface area is 103 Å². The minimum Gasteiger partial charge on any atom is -0.387 e. The number of rotatable bonds is 7. The first-order chi connectivity index (χ1) is 8.07. The summed E-state index contributed by atoms with van der Waals surface area (Å²) in [5, 5.41) is 13.2. The lowest BCUT2D eigenvalue weighted by Crippen LogP contribution is -2.45. The van der Waals surface area contributed by atoms with Gasteiger partial charge in [-0.05, 0) is 19.4 Å². The first-order valence-electron chi connectivity index (χ1n) is 6.32. The van der Waals surface area contributed by atoms with Crippen molar-refractivity contribution in [2.45, 2.75) is 31.8 Å². The summed E-state index contributed by atoms with van der Waals surface area (Å²) in [5.41, 5.74) is -0.755. The van der Waals surface area contributed by atoms with Crippen molar-refractivity contribution >= 4 is 5.91 Å². The molecule has 2 N–H and O–H groups in total. The van der Waals surface area contributed by atoms with Crippen LogP contribution < -0.4 is 5.32 Å². The number of hydrogen-bond acceptors (Lipinski definition) is 4. The minimum absolute atomic E-state index is 0.0291. The van der Waals surface area contributed by atoms with Crippen LogP contribution in [0.3, 0.4) is 0 Å². The third-order valence-corrected chi connectivity index (χ3v) is 2.99. The Hall–Kier alpha value is -0.650. The van der Waals surface area contributed by atoms with E-state index in [4.69, 9.17) is 4.74 Å². The summed E-state index contributed by atoms with van der Waals surface area (Å²) < 4.78 is 5.28. The lowest BCUT2D eigenvalue weighted by molar-refractivity contribution is -0.134. The standard InChI is InChI=1S/C12H24N2O3/c1-3-7-17-8-4-11(15)14(2)10-12(16)5-6-13-9-12/h13,16H,3-10H2,1-2H3. The first kappa shape index (κ1) is 14.4. The molecular formula is C12H24N2O3. The van der Waals surface area contributed by atoms with Crippen LogP contribution >= 0.6 is 0 Å². The lowest BCUT2D eigenvalue weighted by atomic mass is 10.0. The highest BCUT2D eigenvalue weighted by molar-refractivity contribution is 5.76. The van der Waals surface area contributed by atoms with E-state index in [-0.39, 0.29) is 5.91 Å². The van der Waals surface area contributed by atoms with Gasteiger partial charge in [-0.1, -0.05) is 6.92 Å². The van der Waals surface area contributed by atoms with Crippen LogP contribution in [0.2, 0.25) is 0 Å². The summed E-state index contributed by atoms with van der Waals surface area (Å²) in [7, 11) is 1.73. The van der Waals surface area contributed by atoms with Crippen molar-refractivity contribution in [3.05, 3.63) is 0 Å².